The first-order chi connectivity index (χ1) is 10.1. The highest BCUT2D eigenvalue weighted by Gasteiger charge is 2.14. The smallest absolute Gasteiger partial charge is 0.510 e. The normalized spacial score (nSPS) is 10.5. The first-order valence-corrected chi connectivity index (χ1v) is 7.58. The van der Waals surface area contributed by atoms with Crippen LogP contribution in [0.3, 0.4) is 0 Å². The van der Waals surface area contributed by atoms with Gasteiger partial charge in [0.2, 0.25) is 0 Å². The van der Waals surface area contributed by atoms with E-state index in [9.17, 15) is 4.39 Å². The minimum atomic E-state index is -2.03. The van der Waals surface area contributed by atoms with Gasteiger partial charge in [-0.15, -0.1) is 0 Å². The summed E-state index contributed by atoms with van der Waals surface area (Å²) in [4.78, 5) is 0. The lowest BCUT2D eigenvalue weighted by atomic mass is 10.1. The van der Waals surface area contributed by atoms with E-state index >= 15 is 0 Å². The van der Waals surface area contributed by atoms with Crippen molar-refractivity contribution in [3.05, 3.63) is 24.0 Å². The maximum absolute atomic E-state index is 13.5. The van der Waals surface area contributed by atoms with Crippen molar-refractivity contribution < 1.29 is 23.8 Å². The number of unbranched alkanes of at least 4 members (excludes halogenated alkanes) is 6. The van der Waals surface area contributed by atoms with Crippen molar-refractivity contribution in [3.8, 4) is 11.5 Å². The van der Waals surface area contributed by atoms with Crippen molar-refractivity contribution in [1.29, 1.82) is 0 Å². The van der Waals surface area contributed by atoms with Gasteiger partial charge in [0.25, 0.3) is 0 Å². The Balaban J connectivity index is 2.19. The summed E-state index contributed by atoms with van der Waals surface area (Å²) in [6.07, 6.45) is 8.37. The third-order valence-electron chi connectivity index (χ3n) is 3.15. The van der Waals surface area contributed by atoms with Crippen molar-refractivity contribution in [3.63, 3.8) is 0 Å². The zero-order chi connectivity index (χ0) is 15.5. The van der Waals surface area contributed by atoms with Crippen molar-refractivity contribution in [2.45, 2.75) is 51.9 Å². The third kappa shape index (κ3) is 7.92. The monoisotopic (exact) mass is 298 g/mol. The van der Waals surface area contributed by atoms with Crippen LogP contribution in [-0.2, 0) is 0 Å². The van der Waals surface area contributed by atoms with E-state index in [4.69, 9.17) is 14.8 Å². The highest BCUT2D eigenvalue weighted by Crippen LogP contribution is 2.23. The highest BCUT2D eigenvalue weighted by molar-refractivity contribution is 6.33. The number of ether oxygens (including phenoxy) is 1. The Labute approximate surface area is 126 Å². The molecule has 21 heavy (non-hydrogen) atoms. The Morgan fingerprint density at radius 1 is 1.05 bits per heavy atom. The molecule has 0 spiro atoms. The maximum Gasteiger partial charge on any atom is 0.707 e. The first-order valence-electron chi connectivity index (χ1n) is 7.58. The summed E-state index contributed by atoms with van der Waals surface area (Å²) in [5, 5.41) is 17.2. The van der Waals surface area contributed by atoms with Gasteiger partial charge in [0, 0.05) is 6.07 Å². The number of hydrogen-bond donors (Lipinski definition) is 2. The molecule has 6 heteroatoms. The number of hydrogen-bond acceptors (Lipinski definition) is 4. The van der Waals surface area contributed by atoms with Crippen LogP contribution in [0.1, 0.15) is 51.9 Å². The molecule has 0 saturated carbocycles. The van der Waals surface area contributed by atoms with Crippen molar-refractivity contribution in [2.24, 2.45) is 0 Å². The molecule has 0 aliphatic rings. The van der Waals surface area contributed by atoms with Crippen molar-refractivity contribution in [1.82, 2.24) is 0 Å². The fraction of sp³-hybridized carbons (Fsp3) is 0.600. The van der Waals surface area contributed by atoms with Crippen molar-refractivity contribution >= 4 is 7.32 Å². The molecule has 1 aromatic carbocycles. The largest absolute Gasteiger partial charge is 0.707 e. The van der Waals surface area contributed by atoms with E-state index in [2.05, 4.69) is 11.6 Å². The second kappa shape index (κ2) is 10.5. The zero-order valence-corrected chi connectivity index (χ0v) is 12.6. The van der Waals surface area contributed by atoms with Crippen LogP contribution in [0, 0.1) is 5.82 Å². The summed E-state index contributed by atoms with van der Waals surface area (Å²) < 4.78 is 23.5. The Bertz CT molecular complexity index is 401. The van der Waals surface area contributed by atoms with Crippen LogP contribution < -0.4 is 9.39 Å². The Hall–Kier alpha value is -1.27. The van der Waals surface area contributed by atoms with E-state index in [1.54, 1.807) is 6.07 Å². The minimum absolute atomic E-state index is 0.215. The average molecular weight is 298 g/mol. The lowest BCUT2D eigenvalue weighted by Gasteiger charge is -2.09. The molecule has 0 aliphatic heterocycles. The van der Waals surface area contributed by atoms with Gasteiger partial charge in [-0.05, 0) is 18.6 Å². The van der Waals surface area contributed by atoms with Crippen molar-refractivity contribution in [2.75, 3.05) is 6.61 Å². The summed E-state index contributed by atoms with van der Waals surface area (Å²) >= 11 is 0. The first kappa shape index (κ1) is 17.8. The SMILES string of the molecule is CCCCCCCCCOc1ccc(OB(O)O)c(F)c1. The van der Waals surface area contributed by atoms with Gasteiger partial charge >= 0.3 is 7.32 Å². The van der Waals surface area contributed by atoms with E-state index in [1.165, 1.54) is 44.2 Å². The Kier molecular flexibility index (Phi) is 8.86. The van der Waals surface area contributed by atoms with Gasteiger partial charge in [-0.25, -0.2) is 4.39 Å². The Morgan fingerprint density at radius 2 is 1.71 bits per heavy atom. The molecule has 0 bridgehead atoms. The molecule has 1 aromatic rings. The van der Waals surface area contributed by atoms with E-state index < -0.39 is 13.1 Å². The molecule has 4 nitrogen and oxygen atoms in total. The molecule has 0 radical (unpaired) electrons. The van der Waals surface area contributed by atoms with Crippen LogP contribution in [0.2, 0.25) is 0 Å². The molecule has 0 heterocycles. The molecule has 0 atom stereocenters. The van der Waals surface area contributed by atoms with Gasteiger partial charge in [0.1, 0.15) is 11.5 Å². The van der Waals surface area contributed by atoms with Crippen LogP contribution >= 0.6 is 0 Å². The van der Waals surface area contributed by atoms with E-state index in [-0.39, 0.29) is 5.75 Å². The Morgan fingerprint density at radius 3 is 2.33 bits per heavy atom. The summed E-state index contributed by atoms with van der Waals surface area (Å²) in [7, 11) is -2.03. The second-order valence-corrected chi connectivity index (χ2v) is 5.01. The molecule has 0 aliphatic carbocycles. The molecule has 1 rings (SSSR count). The second-order valence-electron chi connectivity index (χ2n) is 5.01. The predicted molar refractivity (Wildman–Crippen MR) is 80.7 cm³/mol. The van der Waals surface area contributed by atoms with Gasteiger partial charge in [0.05, 0.1) is 6.61 Å². The molecule has 0 aromatic heterocycles. The lowest BCUT2D eigenvalue weighted by Crippen LogP contribution is -2.21. The minimum Gasteiger partial charge on any atom is -0.510 e. The predicted octanol–water partition coefficient (Wildman–Crippen LogP) is 3.30. The fourth-order valence-electron chi connectivity index (χ4n) is 2.03. The van der Waals surface area contributed by atoms with Crippen LogP contribution in [0.4, 0.5) is 4.39 Å². The van der Waals surface area contributed by atoms with Crippen LogP contribution in [0.25, 0.3) is 0 Å². The van der Waals surface area contributed by atoms with Gasteiger partial charge in [-0.2, -0.15) is 0 Å². The third-order valence-corrected chi connectivity index (χ3v) is 3.15. The standard InChI is InChI=1S/C15H24BFO4/c1-2-3-4-5-6-7-8-11-20-13-9-10-15(14(17)12-13)21-16(18)19/h9-10,12,18-19H,2-8,11H2,1H3. The maximum atomic E-state index is 13.5. The average Bonchev–Trinajstić information content (AvgIpc) is 2.44. The van der Waals surface area contributed by atoms with Crippen LogP contribution in [0.15, 0.2) is 18.2 Å². The number of benzene rings is 1. The van der Waals surface area contributed by atoms with Gasteiger partial charge in [0.15, 0.2) is 5.82 Å². The summed E-state index contributed by atoms with van der Waals surface area (Å²) in [6.45, 7) is 2.75. The molecular weight excluding hydrogens is 274 g/mol. The molecular formula is C15H24BFO4. The molecule has 0 fully saturated rings. The van der Waals surface area contributed by atoms with Crippen LogP contribution in [-0.4, -0.2) is 24.0 Å². The molecule has 2 N–H and O–H groups in total. The number of halogens is 1. The van der Waals surface area contributed by atoms with E-state index in [0.717, 1.165) is 12.8 Å². The van der Waals surface area contributed by atoms with Gasteiger partial charge in [-0.3, -0.25) is 0 Å². The van der Waals surface area contributed by atoms with Gasteiger partial charge in [-0.1, -0.05) is 45.4 Å². The summed E-state index contributed by atoms with van der Waals surface area (Å²) in [6, 6.07) is 4.04. The summed E-state index contributed by atoms with van der Waals surface area (Å²) in [5.41, 5.74) is 0. The van der Waals surface area contributed by atoms with Crippen LogP contribution in [0.5, 0.6) is 11.5 Å². The van der Waals surface area contributed by atoms with E-state index in [0.29, 0.717) is 12.4 Å². The highest BCUT2D eigenvalue weighted by atomic mass is 19.1. The molecule has 0 amide bonds. The molecule has 0 saturated heterocycles. The topological polar surface area (TPSA) is 58.9 Å². The quantitative estimate of drug-likeness (QED) is 0.486. The van der Waals surface area contributed by atoms with E-state index in [1.807, 2.05) is 0 Å². The fourth-order valence-corrected chi connectivity index (χ4v) is 2.03. The van der Waals surface area contributed by atoms with Gasteiger partial charge < -0.3 is 19.4 Å². The molecule has 0 unspecified atom stereocenters. The zero-order valence-electron chi connectivity index (χ0n) is 12.6. The molecule has 118 valence electrons. The lowest BCUT2D eigenvalue weighted by molar-refractivity contribution is 0.279. The summed E-state index contributed by atoms with van der Waals surface area (Å²) in [5.74, 6) is -0.480. The number of rotatable bonds is 11.